The molecule has 1 amide bonds. The van der Waals surface area contributed by atoms with Crippen molar-refractivity contribution in [3.8, 4) is 0 Å². The second-order valence-electron chi connectivity index (χ2n) is 4.59. The van der Waals surface area contributed by atoms with Crippen LogP contribution < -0.4 is 16.8 Å². The molecule has 1 rings (SSSR count). The van der Waals surface area contributed by atoms with Crippen molar-refractivity contribution in [2.45, 2.75) is 25.7 Å². The Morgan fingerprint density at radius 1 is 1.04 bits per heavy atom. The van der Waals surface area contributed by atoms with E-state index in [-0.39, 0.29) is 31.3 Å². The van der Waals surface area contributed by atoms with E-state index in [2.05, 4.69) is 6.92 Å². The summed E-state index contributed by atoms with van der Waals surface area (Å²) in [6.45, 7) is 2.68. The minimum atomic E-state index is -4.93. The van der Waals surface area contributed by atoms with Crippen molar-refractivity contribution in [1.29, 1.82) is 0 Å². The van der Waals surface area contributed by atoms with Crippen LogP contribution in [-0.2, 0) is 12.4 Å². The topological polar surface area (TPSA) is 81.1 Å². The zero-order chi connectivity index (χ0) is 19.0. The Balaban J connectivity index is 0.00000118. The number of hydrogen-bond donors (Lipinski definition) is 3. The summed E-state index contributed by atoms with van der Waals surface area (Å²) in [5, 5.41) is 2.01. The highest BCUT2D eigenvalue weighted by Crippen LogP contribution is 2.36. The number of carbonyl (C=O) groups is 1. The van der Waals surface area contributed by atoms with Gasteiger partial charge in [-0.15, -0.1) is 0 Å². The molecule has 1 aromatic rings. The van der Waals surface area contributed by atoms with E-state index in [0.717, 1.165) is 13.0 Å². The molecule has 0 bridgehead atoms. The third kappa shape index (κ3) is 7.18. The molecule has 0 saturated heterocycles. The number of carbonyl (C=O) groups excluding carboxylic acids is 1. The summed E-state index contributed by atoms with van der Waals surface area (Å²) in [7, 11) is 0. The van der Waals surface area contributed by atoms with E-state index in [9.17, 15) is 31.1 Å². The van der Waals surface area contributed by atoms with Gasteiger partial charge in [-0.25, -0.2) is 0 Å². The first-order valence-corrected chi connectivity index (χ1v) is 6.95. The molecule has 0 aromatic heterocycles. The van der Waals surface area contributed by atoms with E-state index < -0.39 is 35.0 Å². The highest BCUT2D eigenvalue weighted by Gasteiger charge is 2.38. The Morgan fingerprint density at radius 3 is 1.96 bits per heavy atom. The van der Waals surface area contributed by atoms with Crippen LogP contribution >= 0.6 is 0 Å². The Kier molecular flexibility index (Phi) is 8.76. The van der Waals surface area contributed by atoms with Crippen LogP contribution in [0.4, 0.5) is 26.3 Å². The molecule has 138 valence electrons. The third-order valence-electron chi connectivity index (χ3n) is 2.62. The lowest BCUT2D eigenvalue weighted by atomic mass is 10.0. The quantitative estimate of drug-likeness (QED) is 0.723. The lowest BCUT2D eigenvalue weighted by Gasteiger charge is -2.15. The summed E-state index contributed by atoms with van der Waals surface area (Å²) in [6.07, 6.45) is -8.67. The average molecular weight is 359 g/mol. The lowest BCUT2D eigenvalue weighted by molar-refractivity contribution is -0.141. The van der Waals surface area contributed by atoms with Crippen LogP contribution in [0, 0.1) is 0 Å². The van der Waals surface area contributed by atoms with Crippen LogP contribution in [0.2, 0.25) is 0 Å². The highest BCUT2D eigenvalue weighted by molar-refractivity contribution is 5.96. The van der Waals surface area contributed by atoms with Crippen molar-refractivity contribution in [3.63, 3.8) is 0 Å². The molecule has 4 nitrogen and oxygen atoms in total. The Morgan fingerprint density at radius 2 is 1.58 bits per heavy atom. The normalized spacial score (nSPS) is 11.5. The van der Waals surface area contributed by atoms with E-state index in [1.807, 2.05) is 5.32 Å². The summed E-state index contributed by atoms with van der Waals surface area (Å²) in [5.74, 6) is -1.26. The van der Waals surface area contributed by atoms with E-state index in [0.29, 0.717) is 0 Å². The van der Waals surface area contributed by atoms with Crippen LogP contribution in [0.5, 0.6) is 0 Å². The van der Waals surface area contributed by atoms with Gasteiger partial charge in [0.1, 0.15) is 0 Å². The van der Waals surface area contributed by atoms with Gasteiger partial charge in [-0.3, -0.25) is 4.79 Å². The van der Waals surface area contributed by atoms with Crippen LogP contribution in [0.1, 0.15) is 34.8 Å². The summed E-state index contributed by atoms with van der Waals surface area (Å²) < 4.78 is 75.5. The number of rotatable bonds is 4. The van der Waals surface area contributed by atoms with Crippen LogP contribution in [0.3, 0.4) is 0 Å². The fourth-order valence-corrected chi connectivity index (χ4v) is 1.44. The molecule has 0 aliphatic rings. The largest absolute Gasteiger partial charge is 0.417 e. The van der Waals surface area contributed by atoms with E-state index >= 15 is 0 Å². The Hall–Kier alpha value is -1.81. The van der Waals surface area contributed by atoms with Gasteiger partial charge in [-0.1, -0.05) is 6.92 Å². The molecule has 0 spiro atoms. The van der Waals surface area contributed by atoms with Crippen molar-refractivity contribution >= 4 is 5.91 Å². The monoisotopic (exact) mass is 359 g/mol. The molecule has 0 aliphatic heterocycles. The standard InChI is InChI=1S/C11H10F6N2O.C3H9N/c12-10(13,14)6-1-2-8(11(15,16)17)7(5-6)9(20)19-4-3-18;1-2-3-4/h1-2,5H,3-4,18H2,(H,19,20);2-4H2,1H3. The number of amides is 1. The predicted molar refractivity (Wildman–Crippen MR) is 77.2 cm³/mol. The molecule has 0 radical (unpaired) electrons. The molecule has 5 N–H and O–H groups in total. The molecular weight excluding hydrogens is 340 g/mol. The van der Waals surface area contributed by atoms with Gasteiger partial charge in [0.2, 0.25) is 0 Å². The summed E-state index contributed by atoms with van der Waals surface area (Å²) in [4.78, 5) is 11.5. The zero-order valence-electron chi connectivity index (χ0n) is 12.9. The lowest BCUT2D eigenvalue weighted by Crippen LogP contribution is -2.31. The fourth-order valence-electron chi connectivity index (χ4n) is 1.44. The summed E-state index contributed by atoms with van der Waals surface area (Å²) >= 11 is 0. The Bertz CT molecular complexity index is 526. The first kappa shape index (κ1) is 22.2. The van der Waals surface area contributed by atoms with Gasteiger partial charge >= 0.3 is 12.4 Å². The van der Waals surface area contributed by atoms with E-state index in [4.69, 9.17) is 11.5 Å². The smallest absolute Gasteiger partial charge is 0.351 e. The second-order valence-corrected chi connectivity index (χ2v) is 4.59. The highest BCUT2D eigenvalue weighted by atomic mass is 19.4. The first-order valence-electron chi connectivity index (χ1n) is 6.95. The molecule has 0 aliphatic carbocycles. The molecule has 0 unspecified atom stereocenters. The molecule has 10 heteroatoms. The van der Waals surface area contributed by atoms with Gasteiger partial charge in [0.25, 0.3) is 5.91 Å². The fraction of sp³-hybridized carbons (Fsp3) is 0.500. The SMILES string of the molecule is CCCN.NCCNC(=O)c1cc(C(F)(F)F)ccc1C(F)(F)F. The number of benzene rings is 1. The van der Waals surface area contributed by atoms with Crippen molar-refractivity contribution in [2.24, 2.45) is 11.5 Å². The van der Waals surface area contributed by atoms with Gasteiger partial charge in [-0.2, -0.15) is 26.3 Å². The number of nitrogens with two attached hydrogens (primary N) is 2. The van der Waals surface area contributed by atoms with Crippen molar-refractivity contribution < 1.29 is 31.1 Å². The Labute approximate surface area is 135 Å². The van der Waals surface area contributed by atoms with Crippen molar-refractivity contribution in [3.05, 3.63) is 34.9 Å². The minimum Gasteiger partial charge on any atom is -0.351 e. The van der Waals surface area contributed by atoms with Crippen LogP contribution in [0.25, 0.3) is 0 Å². The summed E-state index contributed by atoms with van der Waals surface area (Å²) in [6, 6.07) is 0.692. The molecule has 24 heavy (non-hydrogen) atoms. The number of alkyl halides is 6. The number of halogens is 6. The van der Waals surface area contributed by atoms with Gasteiger partial charge in [0.15, 0.2) is 0 Å². The maximum absolute atomic E-state index is 12.7. The van der Waals surface area contributed by atoms with Crippen LogP contribution in [0.15, 0.2) is 18.2 Å². The first-order chi connectivity index (χ1) is 11.0. The maximum atomic E-state index is 12.7. The van der Waals surface area contributed by atoms with Gasteiger partial charge in [0, 0.05) is 13.1 Å². The van der Waals surface area contributed by atoms with Gasteiger partial charge in [0.05, 0.1) is 16.7 Å². The van der Waals surface area contributed by atoms with E-state index in [1.54, 1.807) is 0 Å². The summed E-state index contributed by atoms with van der Waals surface area (Å²) in [5.41, 5.74) is 6.25. The zero-order valence-corrected chi connectivity index (χ0v) is 12.9. The van der Waals surface area contributed by atoms with E-state index in [1.165, 1.54) is 0 Å². The van der Waals surface area contributed by atoms with Crippen molar-refractivity contribution in [2.75, 3.05) is 19.6 Å². The second kappa shape index (κ2) is 9.48. The molecular formula is C14H19F6N3O. The van der Waals surface area contributed by atoms with Gasteiger partial charge in [-0.05, 0) is 31.2 Å². The van der Waals surface area contributed by atoms with Crippen LogP contribution in [-0.4, -0.2) is 25.5 Å². The van der Waals surface area contributed by atoms with Gasteiger partial charge < -0.3 is 16.8 Å². The molecule has 1 aromatic carbocycles. The molecule has 0 saturated carbocycles. The molecule has 0 heterocycles. The van der Waals surface area contributed by atoms with Crippen molar-refractivity contribution in [1.82, 2.24) is 5.32 Å². The number of nitrogens with one attached hydrogen (secondary N) is 1. The number of hydrogen-bond acceptors (Lipinski definition) is 3. The average Bonchev–Trinajstić information content (AvgIpc) is 2.50. The molecule has 0 atom stereocenters. The molecule has 0 fully saturated rings. The third-order valence-corrected chi connectivity index (χ3v) is 2.62. The predicted octanol–water partition coefficient (Wildman–Crippen LogP) is 2.77. The minimum absolute atomic E-state index is 0.0496. The maximum Gasteiger partial charge on any atom is 0.417 e.